The number of benzene rings is 1. The van der Waals surface area contributed by atoms with Crippen LogP contribution in [0.15, 0.2) is 32.6 Å². The van der Waals surface area contributed by atoms with Crippen LogP contribution in [-0.4, -0.2) is 5.16 Å². The van der Waals surface area contributed by atoms with Crippen LogP contribution in [0.3, 0.4) is 0 Å². The van der Waals surface area contributed by atoms with Gasteiger partial charge in [-0.05, 0) is 40.5 Å². The van der Waals surface area contributed by atoms with Crippen LogP contribution in [0, 0.1) is 12.7 Å². The van der Waals surface area contributed by atoms with Gasteiger partial charge in [0.25, 0.3) is 0 Å². The van der Waals surface area contributed by atoms with E-state index in [0.717, 1.165) is 14.2 Å². The second-order valence-corrected chi connectivity index (χ2v) is 7.22. The van der Waals surface area contributed by atoms with E-state index >= 15 is 0 Å². The first-order valence-corrected chi connectivity index (χ1v) is 7.93. The van der Waals surface area contributed by atoms with Crippen molar-refractivity contribution in [3.05, 3.63) is 44.5 Å². The number of halogens is 3. The number of thiophene rings is 1. The molecule has 0 aliphatic carbocycles. The fourth-order valence-corrected chi connectivity index (χ4v) is 3.69. The largest absolute Gasteiger partial charge is 0.380 e. The minimum absolute atomic E-state index is 0.0302. The Labute approximate surface area is 137 Å². The lowest BCUT2D eigenvalue weighted by atomic mass is 10.0. The van der Waals surface area contributed by atoms with Crippen LogP contribution in [0.1, 0.15) is 5.56 Å². The Balaban J connectivity index is 2.24. The lowest BCUT2D eigenvalue weighted by Gasteiger charge is -2.04. The Morgan fingerprint density at radius 2 is 2.19 bits per heavy atom. The molecule has 3 rings (SSSR count). The van der Waals surface area contributed by atoms with Crippen LogP contribution >= 0.6 is 38.9 Å². The maximum absolute atomic E-state index is 14.3. The summed E-state index contributed by atoms with van der Waals surface area (Å²) < 4.78 is 20.5. The lowest BCUT2D eigenvalue weighted by Crippen LogP contribution is -1.91. The van der Waals surface area contributed by atoms with Gasteiger partial charge < -0.3 is 10.3 Å². The highest BCUT2D eigenvalue weighted by Gasteiger charge is 2.23. The second-order valence-electron chi connectivity index (χ2n) is 4.44. The summed E-state index contributed by atoms with van der Waals surface area (Å²) in [4.78, 5) is 0.818. The fourth-order valence-electron chi connectivity index (χ4n) is 2.00. The number of nitrogen functional groups attached to an aromatic ring is 1. The van der Waals surface area contributed by atoms with Crippen molar-refractivity contribution >= 4 is 44.7 Å². The molecule has 2 heterocycles. The molecule has 2 N–H and O–H groups in total. The summed E-state index contributed by atoms with van der Waals surface area (Å²) in [7, 11) is 0. The van der Waals surface area contributed by atoms with E-state index < -0.39 is 5.82 Å². The maximum atomic E-state index is 14.3. The molecule has 0 fully saturated rings. The Kier molecular flexibility index (Phi) is 3.77. The smallest absolute Gasteiger partial charge is 0.187 e. The molecule has 0 radical (unpaired) electrons. The van der Waals surface area contributed by atoms with E-state index in [1.165, 1.54) is 17.4 Å². The van der Waals surface area contributed by atoms with E-state index in [1.807, 2.05) is 13.0 Å². The standard InChI is InChI=1S/C14H9BrClFN2OS/c1-6-5-9(21-13(6)15)12-10(14(18)19-20-12)7-3-2-4-8(16)11(7)17/h2-5H,1H3,(H2,18,19). The molecule has 0 unspecified atom stereocenters. The number of aromatic nitrogens is 1. The van der Waals surface area contributed by atoms with Gasteiger partial charge in [0.1, 0.15) is 5.82 Å². The van der Waals surface area contributed by atoms with Crippen molar-refractivity contribution in [1.82, 2.24) is 5.16 Å². The van der Waals surface area contributed by atoms with Gasteiger partial charge in [0.15, 0.2) is 11.6 Å². The van der Waals surface area contributed by atoms with Crippen molar-refractivity contribution in [1.29, 1.82) is 0 Å². The molecular formula is C14H9BrClFN2OS. The molecule has 0 amide bonds. The van der Waals surface area contributed by atoms with Crippen LogP contribution in [0.25, 0.3) is 21.8 Å². The number of nitrogens with zero attached hydrogens (tertiary/aromatic N) is 1. The SMILES string of the molecule is Cc1cc(-c2onc(N)c2-c2cccc(Cl)c2F)sc1Br. The molecule has 108 valence electrons. The van der Waals surface area contributed by atoms with Gasteiger partial charge in [-0.3, -0.25) is 0 Å². The van der Waals surface area contributed by atoms with Crippen LogP contribution in [0.4, 0.5) is 10.2 Å². The molecule has 0 spiro atoms. The summed E-state index contributed by atoms with van der Waals surface area (Å²) in [6, 6.07) is 6.67. The molecule has 1 aromatic carbocycles. The topological polar surface area (TPSA) is 52.0 Å². The first-order valence-electron chi connectivity index (χ1n) is 5.95. The van der Waals surface area contributed by atoms with E-state index in [-0.39, 0.29) is 16.4 Å². The minimum Gasteiger partial charge on any atom is -0.380 e. The van der Waals surface area contributed by atoms with Crippen LogP contribution < -0.4 is 5.73 Å². The Morgan fingerprint density at radius 3 is 2.86 bits per heavy atom. The summed E-state index contributed by atoms with van der Waals surface area (Å²) >= 11 is 10.8. The number of anilines is 1. The summed E-state index contributed by atoms with van der Waals surface area (Å²) in [6.45, 7) is 1.96. The van der Waals surface area contributed by atoms with Crippen molar-refractivity contribution in [2.45, 2.75) is 6.92 Å². The van der Waals surface area contributed by atoms with E-state index in [2.05, 4.69) is 21.1 Å². The predicted octanol–water partition coefficient (Wildman–Crippen LogP) is 5.52. The van der Waals surface area contributed by atoms with Gasteiger partial charge in [0.05, 0.1) is 19.2 Å². The van der Waals surface area contributed by atoms with Gasteiger partial charge in [-0.2, -0.15) is 0 Å². The second kappa shape index (κ2) is 5.44. The summed E-state index contributed by atoms with van der Waals surface area (Å²) in [6.07, 6.45) is 0. The third-order valence-electron chi connectivity index (χ3n) is 3.02. The van der Waals surface area contributed by atoms with Gasteiger partial charge >= 0.3 is 0 Å². The zero-order valence-corrected chi connectivity index (χ0v) is 13.9. The number of rotatable bonds is 2. The molecule has 0 saturated carbocycles. The first kappa shape index (κ1) is 14.6. The molecule has 21 heavy (non-hydrogen) atoms. The zero-order valence-electron chi connectivity index (χ0n) is 10.8. The van der Waals surface area contributed by atoms with Gasteiger partial charge in [-0.25, -0.2) is 4.39 Å². The van der Waals surface area contributed by atoms with E-state index in [4.69, 9.17) is 21.9 Å². The molecule has 0 bridgehead atoms. The normalized spacial score (nSPS) is 11.0. The highest BCUT2D eigenvalue weighted by Crippen LogP contribution is 2.43. The molecule has 2 aromatic heterocycles. The van der Waals surface area contributed by atoms with Gasteiger partial charge in [-0.15, -0.1) is 11.3 Å². The van der Waals surface area contributed by atoms with E-state index in [0.29, 0.717) is 11.3 Å². The minimum atomic E-state index is -0.539. The maximum Gasteiger partial charge on any atom is 0.187 e. The van der Waals surface area contributed by atoms with Crippen molar-refractivity contribution in [3.8, 4) is 21.8 Å². The van der Waals surface area contributed by atoms with Gasteiger partial charge in [0.2, 0.25) is 0 Å². The zero-order chi connectivity index (χ0) is 15.1. The summed E-state index contributed by atoms with van der Waals surface area (Å²) in [5.74, 6) is 0.0310. The molecule has 0 aliphatic heterocycles. The summed E-state index contributed by atoms with van der Waals surface area (Å²) in [5, 5.41) is 3.79. The average molecular weight is 388 g/mol. The first-order chi connectivity index (χ1) is 9.99. The highest BCUT2D eigenvalue weighted by molar-refractivity contribution is 9.11. The molecule has 3 nitrogen and oxygen atoms in total. The van der Waals surface area contributed by atoms with Crippen LogP contribution in [0.5, 0.6) is 0 Å². The molecule has 0 aliphatic rings. The monoisotopic (exact) mass is 386 g/mol. The molecule has 7 heteroatoms. The molecule has 0 saturated heterocycles. The van der Waals surface area contributed by atoms with Gasteiger partial charge in [0, 0.05) is 5.56 Å². The number of aryl methyl sites for hydroxylation is 1. The van der Waals surface area contributed by atoms with Crippen molar-refractivity contribution in [2.75, 3.05) is 5.73 Å². The third kappa shape index (κ3) is 2.47. The Morgan fingerprint density at radius 1 is 1.43 bits per heavy atom. The quantitative estimate of drug-likeness (QED) is 0.630. The van der Waals surface area contributed by atoms with Crippen molar-refractivity contribution < 1.29 is 8.91 Å². The number of nitrogens with two attached hydrogens (primary N) is 1. The molecule has 3 aromatic rings. The fraction of sp³-hybridized carbons (Fsp3) is 0.0714. The lowest BCUT2D eigenvalue weighted by molar-refractivity contribution is 0.437. The Bertz CT molecular complexity index is 811. The van der Waals surface area contributed by atoms with Gasteiger partial charge in [-0.1, -0.05) is 28.9 Å². The van der Waals surface area contributed by atoms with Crippen LogP contribution in [-0.2, 0) is 0 Å². The van der Waals surface area contributed by atoms with Crippen LogP contribution in [0.2, 0.25) is 5.02 Å². The number of hydrogen-bond acceptors (Lipinski definition) is 4. The van der Waals surface area contributed by atoms with E-state index in [9.17, 15) is 4.39 Å². The molecular weight excluding hydrogens is 379 g/mol. The molecule has 0 atom stereocenters. The average Bonchev–Trinajstić information content (AvgIpc) is 2.97. The third-order valence-corrected chi connectivity index (χ3v) is 5.45. The highest BCUT2D eigenvalue weighted by atomic mass is 79.9. The predicted molar refractivity (Wildman–Crippen MR) is 87.1 cm³/mol. The van der Waals surface area contributed by atoms with E-state index in [1.54, 1.807) is 12.1 Å². The number of hydrogen-bond donors (Lipinski definition) is 1. The van der Waals surface area contributed by atoms with Crippen molar-refractivity contribution in [2.24, 2.45) is 0 Å². The Hall–Kier alpha value is -1.37. The van der Waals surface area contributed by atoms with Crippen molar-refractivity contribution in [3.63, 3.8) is 0 Å². The summed E-state index contributed by atoms with van der Waals surface area (Å²) in [5.41, 5.74) is 7.61.